The Hall–Kier alpha value is -5.47. The minimum atomic E-state index is -1.27. The lowest BCUT2D eigenvalue weighted by atomic mass is 9.80. The molecule has 0 aliphatic carbocycles. The molecule has 4 atom stereocenters. The van der Waals surface area contributed by atoms with Gasteiger partial charge in [0.25, 0.3) is 5.56 Å². The second-order valence-electron chi connectivity index (χ2n) is 13.5. The van der Waals surface area contributed by atoms with E-state index >= 15 is 0 Å². The zero-order valence-corrected chi connectivity index (χ0v) is 30.3. The number of aromatic amines is 1. The predicted molar refractivity (Wildman–Crippen MR) is 195 cm³/mol. The molecule has 53 heavy (non-hydrogen) atoms. The lowest BCUT2D eigenvalue weighted by molar-refractivity contribution is -0.0966. The number of nitrogens with zero attached hydrogens (tertiary/aromatic N) is 2. The number of aliphatic hydroxyl groups is 1. The van der Waals surface area contributed by atoms with Gasteiger partial charge < -0.3 is 33.5 Å². The molecule has 0 radical (unpaired) electrons. The molecule has 3 heterocycles. The highest BCUT2D eigenvalue weighted by atomic mass is 16.6. The topological polar surface area (TPSA) is 152 Å². The average Bonchev–Trinajstić information content (AvgIpc) is 3.76. The minimum absolute atomic E-state index is 0.00444. The molecule has 0 unspecified atom stereocenters. The van der Waals surface area contributed by atoms with Gasteiger partial charge in [-0.3, -0.25) is 18.9 Å². The first-order chi connectivity index (χ1) is 25.4. The molecule has 13 heteroatoms. The molecule has 0 bridgehead atoms. The number of H-pyrrole nitrogens is 1. The van der Waals surface area contributed by atoms with Crippen molar-refractivity contribution in [1.82, 2.24) is 14.1 Å². The summed E-state index contributed by atoms with van der Waals surface area (Å²) < 4.78 is 37.8. The second-order valence-corrected chi connectivity index (χ2v) is 13.5. The van der Waals surface area contributed by atoms with Crippen LogP contribution >= 0.6 is 0 Å². The number of hydrogen-bond acceptors (Lipinski definition) is 10. The normalized spacial score (nSPS) is 18.8. The highest BCUT2D eigenvalue weighted by Gasteiger charge is 2.48. The van der Waals surface area contributed by atoms with Crippen LogP contribution in [0.2, 0.25) is 0 Å². The molecule has 0 saturated carbocycles. The first-order valence-corrected chi connectivity index (χ1v) is 17.0. The first kappa shape index (κ1) is 37.3. The van der Waals surface area contributed by atoms with Gasteiger partial charge in [-0.2, -0.15) is 0 Å². The molecule has 5 aromatic rings. The number of carbonyl (C=O) groups is 1. The number of benzene rings is 3. The maximum absolute atomic E-state index is 13.3. The number of aromatic nitrogens is 3. The van der Waals surface area contributed by atoms with Gasteiger partial charge in [0.2, 0.25) is 0 Å². The SMILES string of the molecule is COc1ccc(C(OC[C@H]2O[C@@H](n3cc(-c4cccn4C(=O)OC(C)(C)C)c(=O)[nH]c3=O)[C@H](OC)[C@@H]2O)(c2ccccc2)c2ccc(OC)cc2)cc1. The first-order valence-electron chi connectivity index (χ1n) is 17.0. The van der Waals surface area contributed by atoms with Gasteiger partial charge in [-0.25, -0.2) is 9.59 Å². The Kier molecular flexibility index (Phi) is 10.7. The van der Waals surface area contributed by atoms with E-state index in [1.807, 2.05) is 78.9 Å². The van der Waals surface area contributed by atoms with Crippen molar-refractivity contribution >= 4 is 6.09 Å². The average molecular weight is 726 g/mol. The Morgan fingerprint density at radius 3 is 1.96 bits per heavy atom. The van der Waals surface area contributed by atoms with Crippen LogP contribution in [0.25, 0.3) is 11.3 Å². The number of methoxy groups -OCH3 is 3. The van der Waals surface area contributed by atoms with Crippen molar-refractivity contribution in [3.05, 3.63) is 141 Å². The molecule has 1 fully saturated rings. The van der Waals surface area contributed by atoms with Crippen LogP contribution in [0.1, 0.15) is 43.7 Å². The monoisotopic (exact) mass is 725 g/mol. The number of carbonyl (C=O) groups excluding carboxylic acids is 1. The van der Waals surface area contributed by atoms with E-state index in [1.165, 1.54) is 24.1 Å². The number of rotatable bonds is 11. The fraction of sp³-hybridized carbons (Fsp3) is 0.325. The van der Waals surface area contributed by atoms with Crippen molar-refractivity contribution in [2.75, 3.05) is 27.9 Å². The molecule has 0 spiro atoms. The van der Waals surface area contributed by atoms with E-state index in [0.717, 1.165) is 21.3 Å². The summed E-state index contributed by atoms with van der Waals surface area (Å²) in [5.41, 5.74) is -0.995. The Labute approximate surface area is 306 Å². The van der Waals surface area contributed by atoms with Crippen LogP contribution in [-0.2, 0) is 24.5 Å². The van der Waals surface area contributed by atoms with Crippen molar-refractivity contribution < 1.29 is 38.3 Å². The van der Waals surface area contributed by atoms with Gasteiger partial charge in [0.1, 0.15) is 41.0 Å². The fourth-order valence-corrected chi connectivity index (χ4v) is 6.54. The van der Waals surface area contributed by atoms with Gasteiger partial charge in [-0.15, -0.1) is 0 Å². The van der Waals surface area contributed by atoms with Gasteiger partial charge in [0.05, 0.1) is 32.1 Å². The standard InChI is InChI=1S/C40H43N3O10/c1-39(2,3)53-38(47)42-22-10-13-31(42)30-23-43(37(46)41-35(30)45)36-34(50-6)33(44)32(52-36)24-51-40(25-11-8-7-9-12-25,26-14-18-28(48-4)19-15-26)27-16-20-29(49-5)21-17-27/h7-23,32-34,36,44H,24H2,1-6H3,(H,41,45,46)/t32-,33-,34-,36-/m1/s1. The molecule has 3 aromatic carbocycles. The summed E-state index contributed by atoms with van der Waals surface area (Å²) in [7, 11) is 4.58. The maximum atomic E-state index is 13.3. The Balaban J connectivity index is 1.38. The van der Waals surface area contributed by atoms with Gasteiger partial charge >= 0.3 is 11.8 Å². The van der Waals surface area contributed by atoms with Gasteiger partial charge in [0.15, 0.2) is 6.23 Å². The highest BCUT2D eigenvalue weighted by Crippen LogP contribution is 2.43. The summed E-state index contributed by atoms with van der Waals surface area (Å²) in [4.78, 5) is 41.8. The number of nitrogens with one attached hydrogen (secondary N) is 1. The van der Waals surface area contributed by atoms with E-state index in [2.05, 4.69) is 4.98 Å². The van der Waals surface area contributed by atoms with Crippen molar-refractivity contribution in [1.29, 1.82) is 0 Å². The molecule has 2 N–H and O–H groups in total. The van der Waals surface area contributed by atoms with Crippen molar-refractivity contribution in [2.45, 2.75) is 56.5 Å². The molecule has 0 amide bonds. The van der Waals surface area contributed by atoms with E-state index in [-0.39, 0.29) is 17.9 Å². The third kappa shape index (κ3) is 7.42. The molecule has 1 aliphatic heterocycles. The van der Waals surface area contributed by atoms with Crippen LogP contribution in [-0.4, -0.2) is 77.2 Å². The summed E-state index contributed by atoms with van der Waals surface area (Å²) in [6.07, 6.45) is -2.47. The molecule has 2 aromatic heterocycles. The quantitative estimate of drug-likeness (QED) is 0.176. The molecule has 278 valence electrons. The fourth-order valence-electron chi connectivity index (χ4n) is 6.54. The van der Waals surface area contributed by atoms with E-state index in [1.54, 1.807) is 47.1 Å². The highest BCUT2D eigenvalue weighted by molar-refractivity contribution is 5.78. The second kappa shape index (κ2) is 15.2. The van der Waals surface area contributed by atoms with Crippen LogP contribution in [0.15, 0.2) is 113 Å². The van der Waals surface area contributed by atoms with Crippen LogP contribution in [0, 0.1) is 0 Å². The lowest BCUT2D eigenvalue weighted by Gasteiger charge is -2.37. The van der Waals surface area contributed by atoms with Crippen molar-refractivity contribution in [3.8, 4) is 22.8 Å². The summed E-state index contributed by atoms with van der Waals surface area (Å²) in [6.45, 7) is 5.03. The van der Waals surface area contributed by atoms with E-state index in [4.69, 9.17) is 28.4 Å². The Morgan fingerprint density at radius 2 is 1.42 bits per heavy atom. The summed E-state index contributed by atoms with van der Waals surface area (Å²) in [6, 6.07) is 27.8. The predicted octanol–water partition coefficient (Wildman–Crippen LogP) is 5.09. The molecule has 6 rings (SSSR count). The smallest absolute Gasteiger partial charge is 0.418 e. The third-order valence-electron chi connectivity index (χ3n) is 9.08. The van der Waals surface area contributed by atoms with E-state index in [9.17, 15) is 19.5 Å². The number of aliphatic hydroxyl groups excluding tert-OH is 1. The summed E-state index contributed by atoms with van der Waals surface area (Å²) in [5.74, 6) is 1.32. The molecule has 1 aliphatic rings. The third-order valence-corrected chi connectivity index (χ3v) is 9.08. The largest absolute Gasteiger partial charge is 0.497 e. The van der Waals surface area contributed by atoms with Crippen LogP contribution in [0.4, 0.5) is 4.79 Å². The Bertz CT molecular complexity index is 2090. The zero-order chi connectivity index (χ0) is 37.9. The molecule has 13 nitrogen and oxygen atoms in total. The van der Waals surface area contributed by atoms with Crippen molar-refractivity contribution in [2.24, 2.45) is 0 Å². The molecular formula is C40H43N3O10. The van der Waals surface area contributed by atoms with Crippen LogP contribution in [0.3, 0.4) is 0 Å². The van der Waals surface area contributed by atoms with E-state index in [0.29, 0.717) is 11.5 Å². The Morgan fingerprint density at radius 1 is 0.830 bits per heavy atom. The minimum Gasteiger partial charge on any atom is -0.497 e. The van der Waals surface area contributed by atoms with E-state index < -0.39 is 53.1 Å². The van der Waals surface area contributed by atoms with Gasteiger partial charge in [-0.05, 0) is 73.9 Å². The van der Waals surface area contributed by atoms with Gasteiger partial charge in [-0.1, -0.05) is 54.6 Å². The van der Waals surface area contributed by atoms with Crippen LogP contribution in [0.5, 0.6) is 11.5 Å². The summed E-state index contributed by atoms with van der Waals surface area (Å²) >= 11 is 0. The number of ether oxygens (including phenoxy) is 6. The van der Waals surface area contributed by atoms with Crippen molar-refractivity contribution in [3.63, 3.8) is 0 Å². The lowest BCUT2D eigenvalue weighted by Crippen LogP contribution is -2.40. The summed E-state index contributed by atoms with van der Waals surface area (Å²) in [5, 5.41) is 11.6. The zero-order valence-electron chi connectivity index (χ0n) is 30.3. The van der Waals surface area contributed by atoms with Crippen LogP contribution < -0.4 is 20.7 Å². The maximum Gasteiger partial charge on any atom is 0.418 e. The number of hydrogen-bond donors (Lipinski definition) is 2. The molecule has 1 saturated heterocycles. The van der Waals surface area contributed by atoms with Gasteiger partial charge in [0, 0.05) is 19.5 Å². The molecular weight excluding hydrogens is 682 g/mol.